The van der Waals surface area contributed by atoms with E-state index in [1.54, 1.807) is 4.98 Å². The van der Waals surface area contributed by atoms with E-state index in [0.717, 1.165) is 0 Å². The number of hydrogen-bond donors (Lipinski definition) is 2. The molecule has 0 aliphatic rings. The zero-order valence-corrected chi connectivity index (χ0v) is 8.35. The monoisotopic (exact) mass is 261 g/mol. The Morgan fingerprint density at radius 1 is 1.06 bits per heavy atom. The van der Waals surface area contributed by atoms with Gasteiger partial charge in [0, 0.05) is 5.39 Å². The van der Waals surface area contributed by atoms with Gasteiger partial charge in [-0.15, -0.1) is 0 Å². The molecule has 0 amide bonds. The van der Waals surface area contributed by atoms with Crippen molar-refractivity contribution in [3.05, 3.63) is 45.3 Å². The van der Waals surface area contributed by atoms with E-state index in [9.17, 15) is 27.2 Å². The van der Waals surface area contributed by atoms with Crippen molar-refractivity contribution < 1.29 is 27.5 Å². The molecular weight excluding hydrogens is 258 g/mol. The van der Waals surface area contributed by atoms with Crippen molar-refractivity contribution in [3.8, 4) is 0 Å². The van der Waals surface area contributed by atoms with Gasteiger partial charge in [0.05, 0.1) is 5.52 Å². The largest absolute Gasteiger partial charge is 0.477 e. The van der Waals surface area contributed by atoms with Gasteiger partial charge >= 0.3 is 5.97 Å². The minimum absolute atomic E-state index is 0.442. The van der Waals surface area contributed by atoms with E-state index in [1.165, 1.54) is 0 Å². The van der Waals surface area contributed by atoms with Gasteiger partial charge in [-0.1, -0.05) is 0 Å². The molecule has 94 valence electrons. The van der Waals surface area contributed by atoms with Crippen LogP contribution in [0.4, 0.5) is 17.6 Å². The van der Waals surface area contributed by atoms with E-state index in [-0.39, 0.29) is 0 Å². The van der Waals surface area contributed by atoms with Gasteiger partial charge in [-0.2, -0.15) is 0 Å². The number of hydrogen-bond acceptors (Lipinski definition) is 2. The van der Waals surface area contributed by atoms with Crippen LogP contribution in [0.25, 0.3) is 10.9 Å². The van der Waals surface area contributed by atoms with Gasteiger partial charge in [-0.05, 0) is 6.07 Å². The van der Waals surface area contributed by atoms with Gasteiger partial charge in [-0.25, -0.2) is 22.4 Å². The lowest BCUT2D eigenvalue weighted by Gasteiger charge is -2.05. The number of benzene rings is 1. The Bertz CT molecular complexity index is 738. The SMILES string of the molecule is O=C(O)c1cc2c(F)c(F)c(F)c(F)c2[nH]c1=O. The Labute approximate surface area is 95.5 Å². The number of pyridine rings is 1. The third-order valence-electron chi connectivity index (χ3n) is 2.31. The van der Waals surface area contributed by atoms with Crippen LogP contribution in [-0.2, 0) is 0 Å². The molecule has 0 saturated carbocycles. The first-order valence-corrected chi connectivity index (χ1v) is 4.47. The molecule has 2 rings (SSSR count). The summed E-state index contributed by atoms with van der Waals surface area (Å²) in [6.45, 7) is 0. The van der Waals surface area contributed by atoms with Crippen molar-refractivity contribution in [3.63, 3.8) is 0 Å². The van der Waals surface area contributed by atoms with Gasteiger partial charge in [0.1, 0.15) is 5.56 Å². The molecule has 0 bridgehead atoms. The van der Waals surface area contributed by atoms with Crippen molar-refractivity contribution in [1.82, 2.24) is 4.98 Å². The fraction of sp³-hybridized carbons (Fsp3) is 0. The van der Waals surface area contributed by atoms with E-state index in [4.69, 9.17) is 5.11 Å². The molecule has 0 spiro atoms. The Morgan fingerprint density at radius 3 is 2.17 bits per heavy atom. The molecule has 1 aromatic carbocycles. The van der Waals surface area contributed by atoms with Gasteiger partial charge in [0.2, 0.25) is 0 Å². The van der Waals surface area contributed by atoms with Gasteiger partial charge < -0.3 is 10.1 Å². The van der Waals surface area contributed by atoms with Crippen LogP contribution in [0.2, 0.25) is 0 Å². The van der Waals surface area contributed by atoms with E-state index < -0.39 is 51.3 Å². The predicted molar refractivity (Wildman–Crippen MR) is 51.4 cm³/mol. The summed E-state index contributed by atoms with van der Waals surface area (Å²) in [6, 6.07) is 0.442. The number of aromatic amines is 1. The second kappa shape index (κ2) is 3.83. The highest BCUT2D eigenvalue weighted by Gasteiger charge is 2.23. The average molecular weight is 261 g/mol. The maximum atomic E-state index is 13.3. The van der Waals surface area contributed by atoms with Gasteiger partial charge in [-0.3, -0.25) is 4.79 Å². The van der Waals surface area contributed by atoms with E-state index in [1.807, 2.05) is 0 Å². The first-order chi connectivity index (χ1) is 8.34. The normalized spacial score (nSPS) is 10.9. The van der Waals surface area contributed by atoms with Crippen LogP contribution in [0, 0.1) is 23.3 Å². The van der Waals surface area contributed by atoms with Crippen molar-refractivity contribution in [2.24, 2.45) is 0 Å². The molecule has 0 radical (unpaired) electrons. The van der Waals surface area contributed by atoms with Gasteiger partial charge in [0.15, 0.2) is 23.3 Å². The number of carbonyl (C=O) groups is 1. The quantitative estimate of drug-likeness (QED) is 0.467. The third-order valence-corrected chi connectivity index (χ3v) is 2.31. The van der Waals surface area contributed by atoms with Crippen LogP contribution in [-0.4, -0.2) is 16.1 Å². The molecule has 2 N–H and O–H groups in total. The number of aromatic nitrogens is 1. The first kappa shape index (κ1) is 12.1. The van der Waals surface area contributed by atoms with Crippen LogP contribution in [0.3, 0.4) is 0 Å². The molecule has 18 heavy (non-hydrogen) atoms. The zero-order valence-electron chi connectivity index (χ0n) is 8.35. The van der Waals surface area contributed by atoms with Crippen LogP contribution >= 0.6 is 0 Å². The minimum atomic E-state index is -2.08. The molecule has 2 aromatic rings. The smallest absolute Gasteiger partial charge is 0.341 e. The molecule has 0 aliphatic carbocycles. The predicted octanol–water partition coefficient (Wildman–Crippen LogP) is 1.78. The Balaban J connectivity index is 3.03. The van der Waals surface area contributed by atoms with Crippen LogP contribution in [0.5, 0.6) is 0 Å². The third kappa shape index (κ3) is 1.53. The molecule has 8 heteroatoms. The second-order valence-electron chi connectivity index (χ2n) is 3.36. The molecule has 4 nitrogen and oxygen atoms in total. The summed E-state index contributed by atoms with van der Waals surface area (Å²) in [6.07, 6.45) is 0. The lowest BCUT2D eigenvalue weighted by molar-refractivity contribution is 0.0695. The molecule has 0 saturated heterocycles. The second-order valence-corrected chi connectivity index (χ2v) is 3.36. The Morgan fingerprint density at radius 2 is 1.61 bits per heavy atom. The van der Waals surface area contributed by atoms with Gasteiger partial charge in [0.25, 0.3) is 5.56 Å². The topological polar surface area (TPSA) is 70.2 Å². The summed E-state index contributed by atoms with van der Waals surface area (Å²) >= 11 is 0. The zero-order chi connectivity index (χ0) is 13.6. The molecule has 1 aromatic heterocycles. The summed E-state index contributed by atoms with van der Waals surface area (Å²) in [5, 5.41) is 7.75. The summed E-state index contributed by atoms with van der Waals surface area (Å²) in [4.78, 5) is 23.5. The lowest BCUT2D eigenvalue weighted by atomic mass is 10.1. The maximum Gasteiger partial charge on any atom is 0.341 e. The number of H-pyrrole nitrogens is 1. The molecule has 0 fully saturated rings. The number of fused-ring (bicyclic) bond motifs is 1. The van der Waals surface area contributed by atoms with Crippen LogP contribution < -0.4 is 5.56 Å². The fourth-order valence-corrected chi connectivity index (χ4v) is 1.46. The molecule has 0 atom stereocenters. The summed E-state index contributed by atoms with van der Waals surface area (Å²) in [5.74, 6) is -9.44. The van der Waals surface area contributed by atoms with Crippen molar-refractivity contribution >= 4 is 16.9 Å². The number of halogens is 4. The molecule has 1 heterocycles. The minimum Gasteiger partial charge on any atom is -0.477 e. The number of aromatic carboxylic acids is 1. The Hall–Kier alpha value is -2.38. The Kier molecular flexibility index (Phi) is 2.57. The molecule has 0 aliphatic heterocycles. The van der Waals surface area contributed by atoms with Crippen molar-refractivity contribution in [2.75, 3.05) is 0 Å². The highest BCUT2D eigenvalue weighted by Crippen LogP contribution is 2.24. The molecule has 0 unspecified atom stereocenters. The summed E-state index contributed by atoms with van der Waals surface area (Å²) in [7, 11) is 0. The maximum absolute atomic E-state index is 13.3. The van der Waals surface area contributed by atoms with E-state index in [0.29, 0.717) is 6.07 Å². The van der Waals surface area contributed by atoms with Crippen LogP contribution in [0.1, 0.15) is 10.4 Å². The average Bonchev–Trinajstić information content (AvgIpc) is 2.33. The number of carboxylic acids is 1. The fourth-order valence-electron chi connectivity index (χ4n) is 1.46. The number of carboxylic acid groups (broad SMARTS) is 1. The van der Waals surface area contributed by atoms with E-state index >= 15 is 0 Å². The molecular formula is C10H3F4NO3. The summed E-state index contributed by atoms with van der Waals surface area (Å²) < 4.78 is 52.4. The van der Waals surface area contributed by atoms with Crippen molar-refractivity contribution in [2.45, 2.75) is 0 Å². The first-order valence-electron chi connectivity index (χ1n) is 4.47. The lowest BCUT2D eigenvalue weighted by Crippen LogP contribution is -2.18. The van der Waals surface area contributed by atoms with E-state index in [2.05, 4.69) is 0 Å². The standard InChI is InChI=1S/C10H3F4NO3/c11-4-2-1-3(10(17)18)9(16)15-8(2)7(14)6(13)5(4)12/h1H,(H,15,16)(H,17,18). The van der Waals surface area contributed by atoms with Crippen LogP contribution in [0.15, 0.2) is 10.9 Å². The number of rotatable bonds is 1. The summed E-state index contributed by atoms with van der Waals surface area (Å²) in [5.41, 5.74) is -3.09. The highest BCUT2D eigenvalue weighted by molar-refractivity contribution is 5.92. The van der Waals surface area contributed by atoms with Crippen molar-refractivity contribution in [1.29, 1.82) is 0 Å². The number of nitrogens with one attached hydrogen (secondary N) is 1. The highest BCUT2D eigenvalue weighted by atomic mass is 19.2.